The lowest BCUT2D eigenvalue weighted by molar-refractivity contribution is -0.136. The second-order valence-corrected chi connectivity index (χ2v) is 12.4. The molecule has 5 aromatic rings. The first kappa shape index (κ1) is 32.1. The summed E-state index contributed by atoms with van der Waals surface area (Å²) in [5.74, 6) is -0.886. The quantitative estimate of drug-likeness (QED) is 0.223. The Bertz CT molecular complexity index is 1740. The Labute approximate surface area is 249 Å². The van der Waals surface area contributed by atoms with E-state index in [4.69, 9.17) is 21.7 Å². The number of nitrogens with zero attached hydrogens (tertiary/aromatic N) is 3. The summed E-state index contributed by atoms with van der Waals surface area (Å²) in [4.78, 5) is 29.1. The van der Waals surface area contributed by atoms with Crippen molar-refractivity contribution in [2.24, 2.45) is 14.1 Å². The van der Waals surface area contributed by atoms with Crippen molar-refractivity contribution in [3.05, 3.63) is 75.0 Å². The molecule has 0 aliphatic carbocycles. The highest BCUT2D eigenvalue weighted by molar-refractivity contribution is 7.22. The number of aliphatic hydroxyl groups is 1. The van der Waals surface area contributed by atoms with Crippen LogP contribution < -0.4 is 5.56 Å². The molecule has 0 fully saturated rings. The molecule has 0 amide bonds. The third-order valence-corrected chi connectivity index (χ3v) is 7.43. The molecule has 0 radical (unpaired) electrons. The summed E-state index contributed by atoms with van der Waals surface area (Å²) in [6, 6.07) is 15.1. The lowest BCUT2D eigenvalue weighted by Gasteiger charge is -2.13. The summed E-state index contributed by atoms with van der Waals surface area (Å²) in [6.45, 7) is 11.4. The predicted octanol–water partition coefficient (Wildman–Crippen LogP) is 7.60. The first-order chi connectivity index (χ1) is 19.2. The number of carboxylic acids is 1. The Morgan fingerprint density at radius 3 is 2.12 bits per heavy atom. The van der Waals surface area contributed by atoms with Crippen LogP contribution >= 0.6 is 22.9 Å². The van der Waals surface area contributed by atoms with Gasteiger partial charge in [0.1, 0.15) is 5.01 Å². The van der Waals surface area contributed by atoms with E-state index in [1.54, 1.807) is 44.6 Å². The molecule has 0 unspecified atom stereocenters. The molecule has 5 rings (SSSR count). The average molecular weight is 596 g/mol. The lowest BCUT2D eigenvalue weighted by atomic mass is 9.93. The Balaban J connectivity index is 0.000000515. The van der Waals surface area contributed by atoms with E-state index in [0.29, 0.717) is 10.4 Å². The topological polar surface area (TPSA) is 97.4 Å². The van der Waals surface area contributed by atoms with Crippen molar-refractivity contribution in [1.29, 1.82) is 0 Å². The fourth-order valence-electron chi connectivity index (χ4n) is 4.25. The van der Waals surface area contributed by atoms with Crippen LogP contribution in [0.1, 0.15) is 52.2 Å². The number of rotatable bonds is 4. The zero-order chi connectivity index (χ0) is 30.6. The zero-order valence-corrected chi connectivity index (χ0v) is 26.4. The Hall–Kier alpha value is -3.46. The van der Waals surface area contributed by atoms with Gasteiger partial charge in [0.2, 0.25) is 0 Å². The van der Waals surface area contributed by atoms with Crippen LogP contribution in [0, 0.1) is 6.92 Å². The highest BCUT2D eigenvalue weighted by atomic mass is 35.5. The monoisotopic (exact) mass is 595 g/mol. The molecule has 0 saturated heterocycles. The van der Waals surface area contributed by atoms with Gasteiger partial charge in [0.25, 0.3) is 5.56 Å². The number of aryl methyl sites for hydroxylation is 2. The molecule has 41 heavy (non-hydrogen) atoms. The number of thiazole rings is 1. The fraction of sp³-hybridized carbons (Fsp3) is 0.344. The average Bonchev–Trinajstić information content (AvgIpc) is 3.39. The number of aliphatic carboxylic acids is 1. The van der Waals surface area contributed by atoms with Crippen LogP contribution in [0.25, 0.3) is 42.8 Å². The molecule has 218 valence electrons. The maximum atomic E-state index is 12.6. The molecule has 2 N–H and O–H groups in total. The number of hydrogen-bond acceptors (Lipinski definition) is 5. The van der Waals surface area contributed by atoms with E-state index >= 15 is 0 Å². The van der Waals surface area contributed by atoms with Crippen molar-refractivity contribution in [3.63, 3.8) is 0 Å². The summed E-state index contributed by atoms with van der Waals surface area (Å²) in [7, 11) is 3.59. The Morgan fingerprint density at radius 2 is 1.56 bits per heavy atom. The number of carboxylic acid groups (broad SMARTS) is 1. The third-order valence-electron chi connectivity index (χ3n) is 6.04. The van der Waals surface area contributed by atoms with Gasteiger partial charge in [0, 0.05) is 30.2 Å². The number of aromatic nitrogens is 3. The molecule has 0 aliphatic heterocycles. The van der Waals surface area contributed by atoms with E-state index in [2.05, 4.69) is 13.8 Å². The van der Waals surface area contributed by atoms with E-state index in [-0.39, 0.29) is 12.0 Å². The maximum absolute atomic E-state index is 12.6. The molecule has 0 spiro atoms. The van der Waals surface area contributed by atoms with Crippen molar-refractivity contribution in [1.82, 2.24) is 14.3 Å². The van der Waals surface area contributed by atoms with E-state index < -0.39 is 11.6 Å². The van der Waals surface area contributed by atoms with Crippen molar-refractivity contribution in [2.45, 2.75) is 60.0 Å². The van der Waals surface area contributed by atoms with Gasteiger partial charge in [0.05, 0.1) is 33.1 Å². The van der Waals surface area contributed by atoms with E-state index in [1.165, 1.54) is 17.8 Å². The molecule has 2 heterocycles. The first-order valence-electron chi connectivity index (χ1n) is 13.4. The predicted molar refractivity (Wildman–Crippen MR) is 171 cm³/mol. The van der Waals surface area contributed by atoms with Gasteiger partial charge in [-0.3, -0.25) is 19.0 Å². The Kier molecular flexibility index (Phi) is 10.2. The number of hydrogen-bond donors (Lipinski definition) is 2. The van der Waals surface area contributed by atoms with Gasteiger partial charge in [-0.1, -0.05) is 44.0 Å². The van der Waals surface area contributed by atoms with E-state index in [9.17, 15) is 14.7 Å². The number of benzene rings is 3. The molecule has 0 saturated carbocycles. The van der Waals surface area contributed by atoms with Crippen LogP contribution in [0.15, 0.2) is 53.3 Å². The van der Waals surface area contributed by atoms with Crippen LogP contribution in [-0.2, 0) is 25.3 Å². The third kappa shape index (κ3) is 7.64. The fourth-order valence-corrected chi connectivity index (χ4v) is 5.51. The normalized spacial score (nSPS) is 11.2. The molecule has 0 aliphatic rings. The highest BCUT2D eigenvalue weighted by Crippen LogP contribution is 2.41. The summed E-state index contributed by atoms with van der Waals surface area (Å²) in [5, 5.41) is 20.1. The van der Waals surface area contributed by atoms with Gasteiger partial charge < -0.3 is 10.2 Å². The summed E-state index contributed by atoms with van der Waals surface area (Å²) in [6.07, 6.45) is 1.17. The van der Waals surface area contributed by atoms with Crippen LogP contribution in [0.2, 0.25) is 5.02 Å². The molecule has 7 nitrogen and oxygen atoms in total. The molecular formula is C32H38ClN3O4S. The minimum absolute atomic E-state index is 0.0584. The smallest absolute Gasteiger partial charge is 0.307 e. The van der Waals surface area contributed by atoms with Gasteiger partial charge in [-0.2, -0.15) is 0 Å². The lowest BCUT2D eigenvalue weighted by Crippen LogP contribution is -2.16. The summed E-state index contributed by atoms with van der Waals surface area (Å²) in [5.41, 5.74) is 5.35. The second kappa shape index (κ2) is 13.0. The van der Waals surface area contributed by atoms with Gasteiger partial charge >= 0.3 is 5.97 Å². The van der Waals surface area contributed by atoms with Gasteiger partial charge in [0.15, 0.2) is 0 Å². The molecule has 2 aromatic heterocycles. The van der Waals surface area contributed by atoms with Crippen molar-refractivity contribution in [3.8, 4) is 21.7 Å². The zero-order valence-electron chi connectivity index (χ0n) is 24.9. The molecule has 0 bridgehead atoms. The van der Waals surface area contributed by atoms with Crippen LogP contribution in [-0.4, -0.2) is 36.1 Å². The Morgan fingerprint density at radius 1 is 1.00 bits per heavy atom. The van der Waals surface area contributed by atoms with Crippen LogP contribution in [0.4, 0.5) is 0 Å². The minimum Gasteiger partial charge on any atom is -0.481 e. The van der Waals surface area contributed by atoms with E-state index in [1.807, 2.05) is 55.1 Å². The first-order valence-corrected chi connectivity index (χ1v) is 14.6. The van der Waals surface area contributed by atoms with Gasteiger partial charge in [-0.15, -0.1) is 11.3 Å². The maximum Gasteiger partial charge on any atom is 0.307 e. The molecule has 9 heteroatoms. The van der Waals surface area contributed by atoms with Crippen LogP contribution in [0.5, 0.6) is 0 Å². The van der Waals surface area contributed by atoms with E-state index in [0.717, 1.165) is 48.6 Å². The SMILES string of the molecule is CC(C)(C)O.CCC.Cc1cc2nc(-c3ccc4c(c3)c(=O)n(C)n4C)sc2c(-c2ccc(Cl)cc2)c1CC(=O)O. The summed E-state index contributed by atoms with van der Waals surface area (Å²) < 4.78 is 4.31. The van der Waals surface area contributed by atoms with Gasteiger partial charge in [-0.05, 0) is 80.8 Å². The van der Waals surface area contributed by atoms with Crippen LogP contribution in [0.3, 0.4) is 0 Å². The summed E-state index contributed by atoms with van der Waals surface area (Å²) >= 11 is 7.60. The largest absolute Gasteiger partial charge is 0.481 e. The molecule has 3 aromatic carbocycles. The standard InChI is InChI=1S/C25H20ClN3O3S.C4H10O.C3H8/c1-13-10-19-23(22(17(13)12-21(30)31)14-4-7-16(26)8-5-14)33-24(27-19)15-6-9-20-18(11-15)25(32)29(3)28(20)2;1-4(2,3)5;1-3-2/h4-11H,12H2,1-3H3,(H,30,31);5H,1-3H3;3H2,1-2H3. The van der Waals surface area contributed by atoms with Crippen molar-refractivity contribution >= 4 is 50.0 Å². The molecule has 0 atom stereocenters. The highest BCUT2D eigenvalue weighted by Gasteiger charge is 2.20. The number of fused-ring (bicyclic) bond motifs is 2. The van der Waals surface area contributed by atoms with Crippen molar-refractivity contribution < 1.29 is 15.0 Å². The van der Waals surface area contributed by atoms with Gasteiger partial charge in [-0.25, -0.2) is 4.98 Å². The second-order valence-electron chi connectivity index (χ2n) is 11.0. The minimum atomic E-state index is -0.886. The number of halogens is 1. The van der Waals surface area contributed by atoms with Crippen molar-refractivity contribution in [2.75, 3.05) is 0 Å². The molecular weight excluding hydrogens is 558 g/mol. The number of carbonyl (C=O) groups is 1.